The Morgan fingerprint density at radius 1 is 1.07 bits per heavy atom. The van der Waals surface area contributed by atoms with Crippen LogP contribution >= 0.6 is 12.4 Å². The van der Waals surface area contributed by atoms with E-state index in [1.54, 1.807) is 0 Å². The maximum absolute atomic E-state index is 13.1. The standard InChI is InChI=1S/C21H18O8.ClH/c1-29-12-4-2-3-10-14(12)20(27)16-15(18(10)25)19(26)11-7-21(28,13(23)8-22)6-5-9(11)17(16)24;/h2-4,22,24,26,28H,5-8H2,1H3;1H. The number of hydrogen-bond acceptors (Lipinski definition) is 8. The molecule has 0 bridgehead atoms. The molecule has 9 heteroatoms. The van der Waals surface area contributed by atoms with Crippen molar-refractivity contribution in [2.45, 2.75) is 24.9 Å². The smallest absolute Gasteiger partial charge is 0.202 e. The van der Waals surface area contributed by atoms with E-state index in [0.717, 1.165) is 0 Å². The molecule has 2 aliphatic carbocycles. The van der Waals surface area contributed by atoms with E-state index in [1.165, 1.54) is 25.3 Å². The highest BCUT2D eigenvalue weighted by atomic mass is 35.5. The monoisotopic (exact) mass is 434 g/mol. The van der Waals surface area contributed by atoms with Crippen molar-refractivity contribution in [1.82, 2.24) is 0 Å². The molecule has 0 saturated heterocycles. The molecule has 30 heavy (non-hydrogen) atoms. The quantitative estimate of drug-likeness (QED) is 0.449. The highest BCUT2D eigenvalue weighted by Crippen LogP contribution is 2.48. The molecule has 0 aliphatic heterocycles. The Morgan fingerprint density at radius 2 is 1.70 bits per heavy atom. The second-order valence-corrected chi connectivity index (χ2v) is 7.24. The summed E-state index contributed by atoms with van der Waals surface area (Å²) in [6.45, 7) is -0.881. The van der Waals surface area contributed by atoms with Gasteiger partial charge in [-0.15, -0.1) is 12.4 Å². The second-order valence-electron chi connectivity index (χ2n) is 7.24. The van der Waals surface area contributed by atoms with Crippen molar-refractivity contribution in [3.05, 3.63) is 51.6 Å². The van der Waals surface area contributed by atoms with Gasteiger partial charge < -0.3 is 25.2 Å². The van der Waals surface area contributed by atoms with Crippen molar-refractivity contribution in [3.63, 3.8) is 0 Å². The van der Waals surface area contributed by atoms with E-state index in [9.17, 15) is 29.7 Å². The Hall–Kier alpha value is -2.94. The summed E-state index contributed by atoms with van der Waals surface area (Å²) in [4.78, 5) is 38.2. The van der Waals surface area contributed by atoms with Crippen LogP contribution in [0.2, 0.25) is 0 Å². The number of carbonyl (C=O) groups is 3. The zero-order valence-electron chi connectivity index (χ0n) is 15.9. The summed E-state index contributed by atoms with van der Waals surface area (Å²) in [6, 6.07) is 4.47. The third-order valence-corrected chi connectivity index (χ3v) is 5.75. The van der Waals surface area contributed by atoms with Crippen molar-refractivity contribution in [2.75, 3.05) is 13.7 Å². The molecule has 158 valence electrons. The van der Waals surface area contributed by atoms with Gasteiger partial charge in [0.1, 0.15) is 29.5 Å². The van der Waals surface area contributed by atoms with E-state index in [2.05, 4.69) is 0 Å². The van der Waals surface area contributed by atoms with Gasteiger partial charge in [0, 0.05) is 23.1 Å². The summed E-state index contributed by atoms with van der Waals surface area (Å²) in [5.41, 5.74) is -2.38. The minimum atomic E-state index is -1.93. The van der Waals surface area contributed by atoms with Gasteiger partial charge >= 0.3 is 0 Å². The SMILES string of the molecule is COc1cccc2c1C(=O)c1c(O)c3c(c(O)c1C2=O)CC(O)(C(=O)CO)CC3.Cl. The van der Waals surface area contributed by atoms with Crippen molar-refractivity contribution < 1.29 is 39.5 Å². The maximum Gasteiger partial charge on any atom is 0.202 e. The van der Waals surface area contributed by atoms with Crippen LogP contribution in [0.3, 0.4) is 0 Å². The molecule has 0 spiro atoms. The molecule has 4 N–H and O–H groups in total. The Kier molecular flexibility index (Phi) is 5.36. The molecule has 0 amide bonds. The van der Waals surface area contributed by atoms with Crippen molar-refractivity contribution in [1.29, 1.82) is 0 Å². The molecular formula is C21H19ClO8. The van der Waals surface area contributed by atoms with Crippen LogP contribution in [0, 0.1) is 0 Å². The van der Waals surface area contributed by atoms with E-state index < -0.39 is 41.1 Å². The average molecular weight is 435 g/mol. The van der Waals surface area contributed by atoms with E-state index in [1.807, 2.05) is 0 Å². The predicted octanol–water partition coefficient (Wildman–Crippen LogP) is 1.08. The van der Waals surface area contributed by atoms with Gasteiger partial charge in [-0.25, -0.2) is 0 Å². The highest BCUT2D eigenvalue weighted by molar-refractivity contribution is 6.31. The molecule has 4 rings (SSSR count). The molecule has 2 aliphatic rings. The van der Waals surface area contributed by atoms with Gasteiger partial charge in [-0.2, -0.15) is 0 Å². The fraction of sp³-hybridized carbons (Fsp3) is 0.286. The van der Waals surface area contributed by atoms with Crippen LogP contribution in [0.25, 0.3) is 0 Å². The molecule has 8 nitrogen and oxygen atoms in total. The number of halogens is 1. The van der Waals surface area contributed by atoms with Gasteiger partial charge in [0.2, 0.25) is 5.78 Å². The highest BCUT2D eigenvalue weighted by Gasteiger charge is 2.45. The Balaban J connectivity index is 0.00000256. The van der Waals surface area contributed by atoms with Crippen LogP contribution in [0.15, 0.2) is 18.2 Å². The Labute approximate surface area is 177 Å². The molecule has 2 aromatic carbocycles. The van der Waals surface area contributed by atoms with Crippen LogP contribution in [-0.2, 0) is 17.6 Å². The van der Waals surface area contributed by atoms with Gasteiger partial charge in [0.25, 0.3) is 0 Å². The second kappa shape index (κ2) is 7.39. The van der Waals surface area contributed by atoms with Crippen LogP contribution < -0.4 is 4.74 Å². The predicted molar refractivity (Wildman–Crippen MR) is 106 cm³/mol. The van der Waals surface area contributed by atoms with Gasteiger partial charge in [0.05, 0.1) is 23.8 Å². The number of ether oxygens (including phenoxy) is 1. The summed E-state index contributed by atoms with van der Waals surface area (Å²) in [5.74, 6) is -2.99. The lowest BCUT2D eigenvalue weighted by molar-refractivity contribution is -0.141. The number of phenols is 2. The molecule has 1 atom stereocenters. The zero-order chi connectivity index (χ0) is 21.1. The summed E-state index contributed by atoms with van der Waals surface area (Å²) in [7, 11) is 1.35. The number of rotatable bonds is 3. The van der Waals surface area contributed by atoms with Gasteiger partial charge in [-0.05, 0) is 18.9 Å². The van der Waals surface area contributed by atoms with Gasteiger partial charge in [-0.1, -0.05) is 12.1 Å². The fourth-order valence-electron chi connectivity index (χ4n) is 4.21. The van der Waals surface area contributed by atoms with E-state index >= 15 is 0 Å². The first kappa shape index (κ1) is 21.8. The number of aromatic hydroxyl groups is 2. The Morgan fingerprint density at radius 3 is 2.33 bits per heavy atom. The van der Waals surface area contributed by atoms with Crippen molar-refractivity contribution in [2.24, 2.45) is 0 Å². The zero-order valence-corrected chi connectivity index (χ0v) is 16.7. The van der Waals surface area contributed by atoms with E-state index in [0.29, 0.717) is 0 Å². The number of ketones is 3. The lowest BCUT2D eigenvalue weighted by atomic mass is 9.73. The number of aliphatic hydroxyl groups is 2. The first-order valence-electron chi connectivity index (χ1n) is 8.97. The van der Waals surface area contributed by atoms with Gasteiger partial charge in [0.15, 0.2) is 11.6 Å². The molecule has 0 saturated carbocycles. The molecular weight excluding hydrogens is 416 g/mol. The summed E-state index contributed by atoms with van der Waals surface area (Å²) in [6.07, 6.45) is -0.515. The van der Waals surface area contributed by atoms with Crippen LogP contribution in [0.1, 0.15) is 49.4 Å². The van der Waals surface area contributed by atoms with Gasteiger partial charge in [-0.3, -0.25) is 14.4 Å². The van der Waals surface area contributed by atoms with Crippen molar-refractivity contribution in [3.8, 4) is 17.2 Å². The first-order chi connectivity index (χ1) is 13.7. The van der Waals surface area contributed by atoms with Crippen molar-refractivity contribution >= 4 is 29.8 Å². The summed E-state index contributed by atoms with van der Waals surface area (Å²) >= 11 is 0. The maximum atomic E-state index is 13.1. The number of phenolic OH excluding ortho intramolecular Hbond substituents is 2. The summed E-state index contributed by atoms with van der Waals surface area (Å²) < 4.78 is 5.18. The Bertz CT molecular complexity index is 1110. The lowest BCUT2D eigenvalue weighted by Gasteiger charge is -2.34. The topological polar surface area (TPSA) is 141 Å². The van der Waals surface area contributed by atoms with E-state index in [-0.39, 0.29) is 70.8 Å². The fourth-order valence-corrected chi connectivity index (χ4v) is 4.21. The minimum absolute atomic E-state index is 0. The number of benzene rings is 2. The lowest BCUT2D eigenvalue weighted by Crippen LogP contribution is -2.45. The summed E-state index contributed by atoms with van der Waals surface area (Å²) in [5, 5.41) is 41.3. The molecule has 0 radical (unpaired) electrons. The number of carbonyl (C=O) groups excluding carboxylic acids is 3. The third-order valence-electron chi connectivity index (χ3n) is 5.75. The molecule has 0 fully saturated rings. The van der Waals surface area contributed by atoms with Crippen LogP contribution in [-0.4, -0.2) is 57.1 Å². The normalized spacial score (nSPS) is 19.3. The largest absolute Gasteiger partial charge is 0.507 e. The number of Topliss-reactive ketones (excluding diaryl/α,β-unsaturated/α-hetero) is 1. The number of fused-ring (bicyclic) bond motifs is 3. The number of hydrogen-bond donors (Lipinski definition) is 4. The molecule has 2 aromatic rings. The van der Waals surface area contributed by atoms with E-state index in [4.69, 9.17) is 9.84 Å². The molecule has 0 heterocycles. The number of aliphatic hydroxyl groups excluding tert-OH is 1. The van der Waals surface area contributed by atoms with Crippen LogP contribution in [0.5, 0.6) is 17.2 Å². The third kappa shape index (κ3) is 2.79. The average Bonchev–Trinajstić information content (AvgIpc) is 2.73. The number of methoxy groups -OCH3 is 1. The minimum Gasteiger partial charge on any atom is -0.507 e. The molecule has 1 unspecified atom stereocenters. The molecule has 0 aromatic heterocycles. The van der Waals surface area contributed by atoms with Crippen LogP contribution in [0.4, 0.5) is 0 Å². The first-order valence-corrected chi connectivity index (χ1v) is 8.97.